The molecule has 0 radical (unpaired) electrons. The molecule has 3 rings (SSSR count). The zero-order valence-electron chi connectivity index (χ0n) is 11.1. The number of rotatable bonds is 4. The lowest BCUT2D eigenvalue weighted by Crippen LogP contribution is -2.13. The normalized spacial score (nSPS) is 16.1. The summed E-state index contributed by atoms with van der Waals surface area (Å²) in [5, 5.41) is 3.75. The summed E-state index contributed by atoms with van der Waals surface area (Å²) in [4.78, 5) is 0. The lowest BCUT2D eigenvalue weighted by Gasteiger charge is -2.21. The lowest BCUT2D eigenvalue weighted by atomic mass is 10.0. The second-order valence-corrected chi connectivity index (χ2v) is 6.57. The first-order valence-electron chi connectivity index (χ1n) is 6.81. The van der Waals surface area contributed by atoms with E-state index in [2.05, 4.69) is 83.4 Å². The van der Waals surface area contributed by atoms with Gasteiger partial charge in [-0.25, -0.2) is 0 Å². The van der Waals surface area contributed by atoms with Crippen LogP contribution in [0.3, 0.4) is 0 Å². The summed E-state index contributed by atoms with van der Waals surface area (Å²) in [7, 11) is 0. The smallest absolute Gasteiger partial charge is 0.0542 e. The van der Waals surface area contributed by atoms with Gasteiger partial charge in [0.1, 0.15) is 0 Å². The van der Waals surface area contributed by atoms with E-state index in [-0.39, 0.29) is 0 Å². The van der Waals surface area contributed by atoms with E-state index in [1.165, 1.54) is 33.2 Å². The van der Waals surface area contributed by atoms with Crippen molar-refractivity contribution >= 4 is 28.3 Å². The number of aryl methyl sites for hydroxylation is 1. The second kappa shape index (κ2) is 5.53. The van der Waals surface area contributed by atoms with Crippen molar-refractivity contribution in [2.45, 2.75) is 25.8 Å². The Morgan fingerprint density at radius 2 is 1.84 bits per heavy atom. The molecule has 98 valence electrons. The Bertz CT molecular complexity index is 561. The number of benzene rings is 2. The maximum atomic E-state index is 3.75. The van der Waals surface area contributed by atoms with E-state index in [1.807, 2.05) is 0 Å². The van der Waals surface area contributed by atoms with E-state index in [0.29, 0.717) is 6.04 Å². The molecule has 0 saturated heterocycles. The maximum absolute atomic E-state index is 3.75. The minimum atomic E-state index is 0.458. The van der Waals surface area contributed by atoms with Crippen LogP contribution in [0.2, 0.25) is 0 Å². The van der Waals surface area contributed by atoms with Crippen LogP contribution >= 0.6 is 22.6 Å². The molecule has 0 aromatic heterocycles. The number of hydrogen-bond acceptors (Lipinski definition) is 1. The number of hydrogen-bond donors (Lipinski definition) is 1. The molecule has 0 bridgehead atoms. The molecule has 1 saturated carbocycles. The van der Waals surface area contributed by atoms with Crippen LogP contribution in [0.4, 0.5) is 5.69 Å². The summed E-state index contributed by atoms with van der Waals surface area (Å²) in [6, 6.07) is 17.9. The van der Waals surface area contributed by atoms with Crippen LogP contribution in [-0.2, 0) is 0 Å². The highest BCUT2D eigenvalue weighted by atomic mass is 127. The fraction of sp³-hybridized carbons (Fsp3) is 0.294. The van der Waals surface area contributed by atoms with Crippen molar-refractivity contribution in [1.82, 2.24) is 0 Å². The van der Waals surface area contributed by atoms with E-state index in [4.69, 9.17) is 0 Å². The average Bonchev–Trinajstić information content (AvgIpc) is 3.23. The molecule has 1 atom stereocenters. The molecule has 0 amide bonds. The Labute approximate surface area is 128 Å². The summed E-state index contributed by atoms with van der Waals surface area (Å²) in [6.45, 7) is 2.18. The second-order valence-electron chi connectivity index (χ2n) is 5.33. The molecule has 2 aromatic rings. The van der Waals surface area contributed by atoms with Crippen molar-refractivity contribution in [2.75, 3.05) is 5.32 Å². The number of anilines is 1. The van der Waals surface area contributed by atoms with Gasteiger partial charge >= 0.3 is 0 Å². The number of halogens is 1. The summed E-state index contributed by atoms with van der Waals surface area (Å²) in [5.74, 6) is 0.793. The topological polar surface area (TPSA) is 12.0 Å². The molecule has 2 aromatic carbocycles. The minimum absolute atomic E-state index is 0.458. The zero-order chi connectivity index (χ0) is 13.2. The molecule has 1 aliphatic carbocycles. The van der Waals surface area contributed by atoms with Gasteiger partial charge in [0.25, 0.3) is 0 Å². The van der Waals surface area contributed by atoms with E-state index in [1.54, 1.807) is 0 Å². The molecule has 1 nitrogen and oxygen atoms in total. The van der Waals surface area contributed by atoms with E-state index in [0.717, 1.165) is 5.92 Å². The molecule has 1 fully saturated rings. The highest BCUT2D eigenvalue weighted by molar-refractivity contribution is 14.1. The molecule has 0 heterocycles. The van der Waals surface area contributed by atoms with Crippen LogP contribution in [0.1, 0.15) is 30.0 Å². The summed E-state index contributed by atoms with van der Waals surface area (Å²) >= 11 is 2.37. The van der Waals surface area contributed by atoms with Crippen molar-refractivity contribution in [3.8, 4) is 0 Å². The molecular weight excluding hydrogens is 345 g/mol. The van der Waals surface area contributed by atoms with Gasteiger partial charge in [-0.3, -0.25) is 0 Å². The summed E-state index contributed by atoms with van der Waals surface area (Å²) < 4.78 is 1.29. The largest absolute Gasteiger partial charge is 0.378 e. The van der Waals surface area contributed by atoms with Gasteiger partial charge in [-0.2, -0.15) is 0 Å². The third kappa shape index (κ3) is 3.11. The Balaban J connectivity index is 1.86. The molecule has 1 unspecified atom stereocenters. The molecule has 1 aliphatic rings. The SMILES string of the molecule is Cc1cc(I)ccc1NC(c1ccccc1)C1CC1. The van der Waals surface area contributed by atoms with Crippen molar-refractivity contribution in [3.63, 3.8) is 0 Å². The van der Waals surface area contributed by atoms with Crippen molar-refractivity contribution < 1.29 is 0 Å². The molecule has 0 aliphatic heterocycles. The monoisotopic (exact) mass is 363 g/mol. The van der Waals surface area contributed by atoms with Crippen LogP contribution in [0.5, 0.6) is 0 Å². The first-order chi connectivity index (χ1) is 9.24. The highest BCUT2D eigenvalue weighted by Crippen LogP contribution is 2.43. The predicted molar refractivity (Wildman–Crippen MR) is 89.4 cm³/mol. The third-order valence-electron chi connectivity index (χ3n) is 3.75. The van der Waals surface area contributed by atoms with Crippen molar-refractivity contribution in [2.24, 2.45) is 5.92 Å². The van der Waals surface area contributed by atoms with Crippen LogP contribution < -0.4 is 5.32 Å². The van der Waals surface area contributed by atoms with Gasteiger partial charge in [-0.1, -0.05) is 30.3 Å². The third-order valence-corrected chi connectivity index (χ3v) is 4.42. The first-order valence-corrected chi connectivity index (χ1v) is 7.89. The fourth-order valence-electron chi connectivity index (χ4n) is 2.52. The van der Waals surface area contributed by atoms with Crippen molar-refractivity contribution in [1.29, 1.82) is 0 Å². The molecular formula is C17H18IN. The molecule has 1 N–H and O–H groups in total. The van der Waals surface area contributed by atoms with Crippen LogP contribution in [0.25, 0.3) is 0 Å². The average molecular weight is 363 g/mol. The van der Waals surface area contributed by atoms with Gasteiger partial charge < -0.3 is 5.32 Å². The highest BCUT2D eigenvalue weighted by Gasteiger charge is 2.32. The lowest BCUT2D eigenvalue weighted by molar-refractivity contribution is 0.678. The van der Waals surface area contributed by atoms with Crippen LogP contribution in [0.15, 0.2) is 48.5 Å². The van der Waals surface area contributed by atoms with Crippen molar-refractivity contribution in [3.05, 3.63) is 63.2 Å². The number of nitrogens with one attached hydrogen (secondary N) is 1. The van der Waals surface area contributed by atoms with E-state index < -0.39 is 0 Å². The quantitative estimate of drug-likeness (QED) is 0.740. The predicted octanol–water partition coefficient (Wildman–Crippen LogP) is 5.16. The van der Waals surface area contributed by atoms with Crippen LogP contribution in [0, 0.1) is 16.4 Å². The zero-order valence-corrected chi connectivity index (χ0v) is 13.2. The summed E-state index contributed by atoms with van der Waals surface area (Å²) in [5.41, 5.74) is 4.00. The molecule has 0 spiro atoms. The van der Waals surface area contributed by atoms with Gasteiger partial charge in [0, 0.05) is 9.26 Å². The Hall–Kier alpha value is -1.03. The van der Waals surface area contributed by atoms with Gasteiger partial charge in [0.2, 0.25) is 0 Å². The fourth-order valence-corrected chi connectivity index (χ4v) is 3.17. The van der Waals surface area contributed by atoms with E-state index >= 15 is 0 Å². The molecule has 2 heteroatoms. The molecule has 19 heavy (non-hydrogen) atoms. The standard InChI is InChI=1S/C17H18IN/c1-12-11-15(18)9-10-16(12)19-17(14-7-8-14)13-5-3-2-4-6-13/h2-6,9-11,14,17,19H,7-8H2,1H3. The Kier molecular flexibility index (Phi) is 3.78. The van der Waals surface area contributed by atoms with Crippen LogP contribution in [-0.4, -0.2) is 0 Å². The summed E-state index contributed by atoms with van der Waals surface area (Å²) in [6.07, 6.45) is 2.69. The maximum Gasteiger partial charge on any atom is 0.0542 e. The van der Waals surface area contributed by atoms with Gasteiger partial charge in [0.15, 0.2) is 0 Å². The Morgan fingerprint density at radius 1 is 1.11 bits per heavy atom. The first kappa shape index (κ1) is 13.0. The van der Waals surface area contributed by atoms with E-state index in [9.17, 15) is 0 Å². The van der Waals surface area contributed by atoms with Gasteiger partial charge in [-0.15, -0.1) is 0 Å². The van der Waals surface area contributed by atoms with Gasteiger partial charge in [-0.05, 0) is 77.6 Å². The minimum Gasteiger partial charge on any atom is -0.378 e. The Morgan fingerprint density at radius 3 is 2.47 bits per heavy atom. The van der Waals surface area contributed by atoms with Gasteiger partial charge in [0.05, 0.1) is 6.04 Å².